The minimum Gasteiger partial charge on any atom is -0.394 e. The standard InChI is InChI=1S/C7H16BO3P2.C6H15BO4P3/c1-3-4-5(9)6(11-13-12)7(8-2)10-4;1-7-6-5(11-14-13)4(10-12)3(2-8)9-6/h4-7,9,13H,3,12H2,1-2H3;3-6,8,14H,2,12-13H2,1H3/t4-,5+,6?,7-;3-,4+,5?,6-/m11/s1. The van der Waals surface area contributed by atoms with E-state index in [4.69, 9.17) is 28.2 Å². The second-order valence-corrected chi connectivity index (χ2v) is 8.66. The van der Waals surface area contributed by atoms with Gasteiger partial charge in [0.15, 0.2) is 0 Å². The van der Waals surface area contributed by atoms with Crippen molar-refractivity contribution in [2.24, 2.45) is 0 Å². The topological polar surface area (TPSA) is 86.6 Å². The Bertz CT molecular complexity index is 404. The summed E-state index contributed by atoms with van der Waals surface area (Å²) >= 11 is 0. The highest BCUT2D eigenvalue weighted by Gasteiger charge is 2.44. The Morgan fingerprint density at radius 3 is 1.93 bits per heavy atom. The Morgan fingerprint density at radius 1 is 0.963 bits per heavy atom. The fourth-order valence-corrected chi connectivity index (χ4v) is 5.26. The Kier molecular flexibility index (Phi) is 14.9. The van der Waals surface area contributed by atoms with Crippen molar-refractivity contribution >= 4 is 58.9 Å². The van der Waals surface area contributed by atoms with E-state index in [1.807, 2.05) is 35.1 Å². The van der Waals surface area contributed by atoms with Crippen LogP contribution in [0.1, 0.15) is 13.3 Å². The summed E-state index contributed by atoms with van der Waals surface area (Å²) in [4.78, 5) is 0. The first-order chi connectivity index (χ1) is 13.0. The van der Waals surface area contributed by atoms with Crippen molar-refractivity contribution in [2.45, 2.75) is 75.6 Å². The second kappa shape index (κ2) is 14.9. The van der Waals surface area contributed by atoms with Gasteiger partial charge in [0.2, 0.25) is 0 Å². The fraction of sp³-hybridized carbons (Fsp3) is 1.00. The first-order valence-corrected chi connectivity index (χ1v) is 14.7. The molecule has 14 heteroatoms. The zero-order chi connectivity index (χ0) is 20.4. The van der Waals surface area contributed by atoms with Crippen LogP contribution in [0.5, 0.6) is 0 Å². The minimum absolute atomic E-state index is 0.0523. The highest BCUT2D eigenvalue weighted by molar-refractivity contribution is 8.00. The van der Waals surface area contributed by atoms with E-state index in [1.54, 1.807) is 0 Å². The molecule has 2 aliphatic heterocycles. The highest BCUT2D eigenvalue weighted by atomic mass is 32.0. The number of aliphatic hydroxyl groups is 2. The van der Waals surface area contributed by atoms with E-state index >= 15 is 0 Å². The van der Waals surface area contributed by atoms with Crippen molar-refractivity contribution in [3.8, 4) is 0 Å². The van der Waals surface area contributed by atoms with E-state index in [0.717, 1.165) is 6.42 Å². The second-order valence-electron chi connectivity index (χ2n) is 6.03. The smallest absolute Gasteiger partial charge is 0.149 e. The predicted molar refractivity (Wildman–Crippen MR) is 124 cm³/mol. The highest BCUT2D eigenvalue weighted by Crippen LogP contribution is 2.35. The molecule has 2 fully saturated rings. The molecule has 0 bridgehead atoms. The van der Waals surface area contributed by atoms with E-state index < -0.39 is 6.10 Å². The van der Waals surface area contributed by atoms with Gasteiger partial charge in [-0.3, -0.25) is 0 Å². The zero-order valence-corrected chi connectivity index (χ0v) is 21.3. The van der Waals surface area contributed by atoms with E-state index in [-0.39, 0.29) is 49.1 Å². The van der Waals surface area contributed by atoms with Gasteiger partial charge in [-0.2, -0.15) is 0 Å². The average molecular weight is 476 g/mol. The maximum Gasteiger partial charge on any atom is 0.149 e. The van der Waals surface area contributed by atoms with Gasteiger partial charge in [-0.05, 0) is 6.42 Å². The van der Waals surface area contributed by atoms with Gasteiger partial charge in [0.25, 0.3) is 0 Å². The normalized spacial score (nSPS) is 39.3. The third-order valence-corrected chi connectivity index (χ3v) is 6.47. The first-order valence-electron chi connectivity index (χ1n) is 8.79. The molecule has 2 heterocycles. The van der Waals surface area contributed by atoms with Gasteiger partial charge in [0.1, 0.15) is 45.1 Å². The Labute approximate surface area is 174 Å². The molecule has 0 aromatic carbocycles. The van der Waals surface area contributed by atoms with Crippen molar-refractivity contribution in [1.82, 2.24) is 0 Å². The molecule has 0 aromatic rings. The number of aliphatic hydroxyl groups excluding tert-OH is 2. The van der Waals surface area contributed by atoms with Gasteiger partial charge in [-0.1, -0.05) is 38.4 Å². The van der Waals surface area contributed by atoms with Crippen LogP contribution in [0.15, 0.2) is 0 Å². The van der Waals surface area contributed by atoms with Gasteiger partial charge in [-0.15, -0.1) is 0 Å². The van der Waals surface area contributed by atoms with Gasteiger partial charge in [-0.25, -0.2) is 0 Å². The minimum atomic E-state index is -0.487. The number of ether oxygens (including phenoxy) is 2. The maximum absolute atomic E-state index is 9.81. The summed E-state index contributed by atoms with van der Waals surface area (Å²) < 4.78 is 27.3. The largest absolute Gasteiger partial charge is 0.394 e. The molecule has 0 amide bonds. The van der Waals surface area contributed by atoms with Gasteiger partial charge < -0.3 is 33.3 Å². The molecule has 2 rings (SSSR count). The number of hydrogen-bond acceptors (Lipinski definition) is 7. The molecule has 2 aliphatic rings. The summed E-state index contributed by atoms with van der Waals surface area (Å²) in [6.07, 6.45) is -0.590. The first kappa shape index (κ1) is 27.0. The SMILES string of the molecule is C[B][C@@H]1O[C@H](CC)[C@H](O)C1OPP.C[B][C@@H]1O[C@H](CO)[C@H](OP)C1OPP. The van der Waals surface area contributed by atoms with Crippen LogP contribution in [-0.4, -0.2) is 80.0 Å². The summed E-state index contributed by atoms with van der Waals surface area (Å²) in [5, 5.41) is 18.9. The quantitative estimate of drug-likeness (QED) is 0.385. The zero-order valence-electron chi connectivity index (χ0n) is 15.9. The van der Waals surface area contributed by atoms with Crippen LogP contribution in [0.25, 0.3) is 0 Å². The molecule has 2 N–H and O–H groups in total. The molecule has 0 saturated carbocycles. The molecule has 2 saturated heterocycles. The summed E-state index contributed by atoms with van der Waals surface area (Å²) in [5.74, 6) is 0. The molecule has 156 valence electrons. The Morgan fingerprint density at radius 2 is 1.48 bits per heavy atom. The van der Waals surface area contributed by atoms with E-state index in [0.29, 0.717) is 17.0 Å². The summed E-state index contributed by atoms with van der Waals surface area (Å²) in [5.41, 5.74) is 0. The van der Waals surface area contributed by atoms with Crippen molar-refractivity contribution in [2.75, 3.05) is 6.61 Å². The summed E-state index contributed by atoms with van der Waals surface area (Å²) in [6.45, 7) is 5.79. The van der Waals surface area contributed by atoms with E-state index in [1.165, 1.54) is 0 Å². The third-order valence-electron chi connectivity index (χ3n) is 4.52. The van der Waals surface area contributed by atoms with Crippen LogP contribution in [-0.2, 0) is 23.0 Å². The van der Waals surface area contributed by atoms with Crippen LogP contribution >= 0.6 is 44.3 Å². The summed E-state index contributed by atoms with van der Waals surface area (Å²) in [6, 6.07) is -0.168. The van der Waals surface area contributed by atoms with Gasteiger partial charge >= 0.3 is 0 Å². The number of rotatable bonds is 9. The van der Waals surface area contributed by atoms with Crippen LogP contribution in [0.3, 0.4) is 0 Å². The fourth-order valence-electron chi connectivity index (χ4n) is 3.14. The van der Waals surface area contributed by atoms with Crippen molar-refractivity contribution in [1.29, 1.82) is 0 Å². The van der Waals surface area contributed by atoms with Gasteiger partial charge in [0, 0.05) is 26.5 Å². The average Bonchev–Trinajstić information content (AvgIpc) is 3.19. The molecule has 0 aromatic heterocycles. The van der Waals surface area contributed by atoms with Crippen LogP contribution < -0.4 is 0 Å². The molecule has 7 nitrogen and oxygen atoms in total. The van der Waals surface area contributed by atoms with Crippen LogP contribution in [0, 0.1) is 0 Å². The molecule has 27 heavy (non-hydrogen) atoms. The molecule has 2 radical (unpaired) electrons. The lowest BCUT2D eigenvalue weighted by Gasteiger charge is -2.21. The van der Waals surface area contributed by atoms with Crippen molar-refractivity contribution < 1.29 is 33.3 Å². The molecular weight excluding hydrogens is 445 g/mol. The predicted octanol–water partition coefficient (Wildman–Crippen LogP) is 1.40. The molecule has 0 spiro atoms. The molecular formula is C13H31B2O7P5. The Hall–Kier alpha value is 2.00. The summed E-state index contributed by atoms with van der Waals surface area (Å²) in [7, 11) is 11.7. The van der Waals surface area contributed by atoms with Crippen LogP contribution in [0.2, 0.25) is 13.6 Å². The lowest BCUT2D eigenvalue weighted by atomic mass is 9.72. The lowest BCUT2D eigenvalue weighted by Crippen LogP contribution is -2.36. The van der Waals surface area contributed by atoms with E-state index in [9.17, 15) is 5.11 Å². The molecule has 0 aliphatic carbocycles. The maximum atomic E-state index is 9.81. The Balaban J connectivity index is 0.000000271. The molecule has 13 atom stereocenters. The number of hydrogen-bond donors (Lipinski definition) is 2. The molecule has 7 unspecified atom stereocenters. The van der Waals surface area contributed by atoms with Crippen molar-refractivity contribution in [3.05, 3.63) is 0 Å². The van der Waals surface area contributed by atoms with Gasteiger partial charge in [0.05, 0.1) is 24.7 Å². The van der Waals surface area contributed by atoms with Crippen molar-refractivity contribution in [3.63, 3.8) is 0 Å². The third kappa shape index (κ3) is 7.57. The van der Waals surface area contributed by atoms with Crippen LogP contribution in [0.4, 0.5) is 0 Å². The van der Waals surface area contributed by atoms with E-state index in [2.05, 4.69) is 27.3 Å². The lowest BCUT2D eigenvalue weighted by molar-refractivity contribution is 0.00730. The monoisotopic (exact) mass is 476 g/mol.